The normalized spacial score (nSPS) is 11.6. The summed E-state index contributed by atoms with van der Waals surface area (Å²) in [5.41, 5.74) is -0.218. The van der Waals surface area contributed by atoms with Gasteiger partial charge in [-0.1, -0.05) is 0 Å². The molecule has 2 aromatic heterocycles. The highest BCUT2D eigenvalue weighted by Gasteiger charge is 2.16. The lowest BCUT2D eigenvalue weighted by molar-refractivity contribution is 0.0522. The van der Waals surface area contributed by atoms with Crippen LogP contribution in [0.1, 0.15) is 32.3 Å². The number of carbonyl (C=O) groups excluding carboxylic acids is 1. The van der Waals surface area contributed by atoms with Crippen molar-refractivity contribution in [2.75, 3.05) is 0 Å². The number of aromatic nitrogens is 4. The predicted octanol–water partition coefficient (Wildman–Crippen LogP) is 0.751. The summed E-state index contributed by atoms with van der Waals surface area (Å²) in [6.45, 7) is 7.17. The second kappa shape index (κ2) is 4.95. The number of carbonyl (C=O) groups is 1. The lowest BCUT2D eigenvalue weighted by atomic mass is 10.2. The number of H-pyrrole nitrogens is 1. The van der Waals surface area contributed by atoms with Crippen molar-refractivity contribution < 1.29 is 9.53 Å². The van der Waals surface area contributed by atoms with Crippen LogP contribution in [0.2, 0.25) is 0 Å². The van der Waals surface area contributed by atoms with Crippen LogP contribution in [0.4, 0.5) is 4.79 Å². The number of fused-ring (bicyclic) bond motifs is 1. The van der Waals surface area contributed by atoms with E-state index in [0.717, 1.165) is 0 Å². The summed E-state index contributed by atoms with van der Waals surface area (Å²) >= 11 is 0. The maximum Gasteiger partial charge on any atom is 0.408 e. The Bertz CT molecular complexity index is 695. The van der Waals surface area contributed by atoms with E-state index in [1.165, 1.54) is 10.6 Å². The van der Waals surface area contributed by atoms with Crippen molar-refractivity contribution in [3.05, 3.63) is 27.9 Å². The van der Waals surface area contributed by atoms with E-state index in [2.05, 4.69) is 20.4 Å². The zero-order valence-electron chi connectivity index (χ0n) is 11.9. The first kappa shape index (κ1) is 14.0. The summed E-state index contributed by atoms with van der Waals surface area (Å²) in [4.78, 5) is 31.4. The summed E-state index contributed by atoms with van der Waals surface area (Å²) < 4.78 is 6.32. The van der Waals surface area contributed by atoms with Gasteiger partial charge in [0, 0.05) is 11.8 Å². The van der Waals surface area contributed by atoms with E-state index in [4.69, 9.17) is 4.74 Å². The first-order chi connectivity index (χ1) is 9.24. The van der Waals surface area contributed by atoms with Crippen LogP contribution < -0.4 is 10.9 Å². The largest absolute Gasteiger partial charge is 0.444 e. The molecule has 1 amide bonds. The molecule has 8 nitrogen and oxygen atoms in total. The molecule has 0 saturated heterocycles. The van der Waals surface area contributed by atoms with Gasteiger partial charge in [-0.25, -0.2) is 9.78 Å². The minimum Gasteiger partial charge on any atom is -0.444 e. The van der Waals surface area contributed by atoms with Crippen molar-refractivity contribution in [1.82, 2.24) is 24.9 Å². The number of hydrogen-bond acceptors (Lipinski definition) is 5. The summed E-state index contributed by atoms with van der Waals surface area (Å²) in [7, 11) is 0. The molecule has 0 atom stereocenters. The smallest absolute Gasteiger partial charge is 0.408 e. The van der Waals surface area contributed by atoms with Gasteiger partial charge >= 0.3 is 6.09 Å². The van der Waals surface area contributed by atoms with E-state index in [-0.39, 0.29) is 17.9 Å². The van der Waals surface area contributed by atoms with Gasteiger partial charge in [0.15, 0.2) is 0 Å². The molecule has 2 aromatic rings. The average Bonchev–Trinajstić information content (AvgIpc) is 2.67. The molecule has 8 heteroatoms. The highest BCUT2D eigenvalue weighted by molar-refractivity contribution is 5.67. The summed E-state index contributed by atoms with van der Waals surface area (Å²) in [6.07, 6.45) is -0.547. The number of aryl methyl sites for hydroxylation is 1. The molecule has 0 unspecified atom stereocenters. The first-order valence-corrected chi connectivity index (χ1v) is 6.17. The maximum atomic E-state index is 11.7. The SMILES string of the molecule is Cc1cc(=O)n2[nH]c(CNC(=O)OC(C)(C)C)nc2n1. The molecule has 0 aliphatic heterocycles. The van der Waals surface area contributed by atoms with Crippen LogP contribution in [0.15, 0.2) is 10.9 Å². The summed E-state index contributed by atoms with van der Waals surface area (Å²) in [6, 6.07) is 1.40. The lowest BCUT2D eigenvalue weighted by Gasteiger charge is -2.19. The number of nitrogens with one attached hydrogen (secondary N) is 2. The third kappa shape index (κ3) is 3.34. The van der Waals surface area contributed by atoms with Crippen LogP contribution in [0.5, 0.6) is 0 Å². The molecule has 20 heavy (non-hydrogen) atoms. The number of nitrogens with zero attached hydrogens (tertiary/aromatic N) is 3. The van der Waals surface area contributed by atoms with Crippen LogP contribution in [-0.4, -0.2) is 31.3 Å². The number of hydrogen-bond donors (Lipinski definition) is 2. The summed E-state index contributed by atoms with van der Waals surface area (Å²) in [5.74, 6) is 0.696. The van der Waals surface area contributed by atoms with Gasteiger partial charge < -0.3 is 10.1 Å². The number of aromatic amines is 1. The Labute approximate surface area is 115 Å². The van der Waals surface area contributed by atoms with Gasteiger partial charge in [-0.05, 0) is 27.7 Å². The Kier molecular flexibility index (Phi) is 3.47. The van der Waals surface area contributed by atoms with Crippen molar-refractivity contribution in [3.63, 3.8) is 0 Å². The van der Waals surface area contributed by atoms with E-state index in [1.807, 2.05) is 0 Å². The minimum absolute atomic E-state index is 0.122. The zero-order valence-corrected chi connectivity index (χ0v) is 11.9. The number of alkyl carbamates (subject to hydrolysis) is 1. The van der Waals surface area contributed by atoms with E-state index >= 15 is 0 Å². The fraction of sp³-hybridized carbons (Fsp3) is 0.500. The monoisotopic (exact) mass is 279 g/mol. The van der Waals surface area contributed by atoms with E-state index in [9.17, 15) is 9.59 Å². The van der Waals surface area contributed by atoms with Crippen molar-refractivity contribution in [2.24, 2.45) is 0 Å². The van der Waals surface area contributed by atoms with Gasteiger partial charge in [0.2, 0.25) is 0 Å². The number of amides is 1. The fourth-order valence-corrected chi connectivity index (χ4v) is 1.59. The quantitative estimate of drug-likeness (QED) is 0.844. The van der Waals surface area contributed by atoms with Gasteiger partial charge in [-0.15, -0.1) is 0 Å². The Morgan fingerprint density at radius 2 is 2.15 bits per heavy atom. The molecule has 0 saturated carbocycles. The van der Waals surface area contributed by atoms with Crippen LogP contribution in [0, 0.1) is 6.92 Å². The molecule has 0 aliphatic carbocycles. The first-order valence-electron chi connectivity index (χ1n) is 6.17. The van der Waals surface area contributed by atoms with E-state index < -0.39 is 11.7 Å². The number of ether oxygens (including phenoxy) is 1. The van der Waals surface area contributed by atoms with Crippen LogP contribution >= 0.6 is 0 Å². The highest BCUT2D eigenvalue weighted by atomic mass is 16.6. The van der Waals surface area contributed by atoms with Crippen molar-refractivity contribution in [3.8, 4) is 0 Å². The van der Waals surface area contributed by atoms with Crippen LogP contribution in [-0.2, 0) is 11.3 Å². The maximum absolute atomic E-state index is 11.7. The molecule has 2 rings (SSSR count). The Hall–Kier alpha value is -2.38. The Morgan fingerprint density at radius 3 is 2.80 bits per heavy atom. The second-order valence-electron chi connectivity index (χ2n) is 5.40. The molecular weight excluding hydrogens is 262 g/mol. The molecule has 0 aliphatic rings. The molecule has 0 radical (unpaired) electrons. The average molecular weight is 279 g/mol. The minimum atomic E-state index is -0.562. The van der Waals surface area contributed by atoms with Crippen LogP contribution in [0.3, 0.4) is 0 Å². The van der Waals surface area contributed by atoms with E-state index in [0.29, 0.717) is 11.5 Å². The zero-order chi connectivity index (χ0) is 14.9. The molecule has 0 aromatic carbocycles. The van der Waals surface area contributed by atoms with E-state index in [1.54, 1.807) is 27.7 Å². The van der Waals surface area contributed by atoms with Crippen molar-refractivity contribution >= 4 is 11.9 Å². The third-order valence-electron chi connectivity index (χ3n) is 2.30. The molecule has 0 fully saturated rings. The molecule has 0 spiro atoms. The number of rotatable bonds is 2. The topological polar surface area (TPSA) is 101 Å². The lowest BCUT2D eigenvalue weighted by Crippen LogP contribution is -2.32. The van der Waals surface area contributed by atoms with Crippen molar-refractivity contribution in [1.29, 1.82) is 0 Å². The van der Waals surface area contributed by atoms with Gasteiger partial charge in [-0.2, -0.15) is 9.50 Å². The third-order valence-corrected chi connectivity index (χ3v) is 2.30. The Balaban J connectivity index is 2.10. The van der Waals surface area contributed by atoms with Gasteiger partial charge in [0.1, 0.15) is 11.4 Å². The second-order valence-corrected chi connectivity index (χ2v) is 5.40. The fourth-order valence-electron chi connectivity index (χ4n) is 1.59. The van der Waals surface area contributed by atoms with Gasteiger partial charge in [-0.3, -0.25) is 9.89 Å². The predicted molar refractivity (Wildman–Crippen MR) is 71.4 cm³/mol. The Morgan fingerprint density at radius 1 is 1.45 bits per heavy atom. The van der Waals surface area contributed by atoms with Crippen LogP contribution in [0.25, 0.3) is 5.78 Å². The van der Waals surface area contributed by atoms with Gasteiger partial charge in [0.25, 0.3) is 11.3 Å². The van der Waals surface area contributed by atoms with Gasteiger partial charge in [0.05, 0.1) is 6.54 Å². The molecule has 108 valence electrons. The van der Waals surface area contributed by atoms with Crippen molar-refractivity contribution in [2.45, 2.75) is 39.8 Å². The standard InChI is InChI=1S/C12H17N5O3/c1-7-5-9(18)17-10(14-7)15-8(16-17)6-13-11(19)20-12(2,3)4/h5H,6H2,1-4H3,(H,13,19)(H,14,15,16). The molecular formula is C12H17N5O3. The molecule has 2 N–H and O–H groups in total. The summed E-state index contributed by atoms with van der Waals surface area (Å²) in [5, 5.41) is 5.32. The highest BCUT2D eigenvalue weighted by Crippen LogP contribution is 2.06. The molecule has 2 heterocycles. The molecule has 0 bridgehead atoms.